The molecule has 1 aliphatic heterocycles. The first kappa shape index (κ1) is 7.92. The Morgan fingerprint density at radius 2 is 2.23 bits per heavy atom. The van der Waals surface area contributed by atoms with Crippen LogP contribution in [0.15, 0.2) is 53.8 Å². The second kappa shape index (κ2) is 3.81. The Balaban J connectivity index is 2.32. The third-order valence-corrected chi connectivity index (χ3v) is 1.83. The van der Waals surface area contributed by atoms with Crippen molar-refractivity contribution in [2.75, 3.05) is 6.54 Å². The van der Waals surface area contributed by atoms with Gasteiger partial charge in [0.15, 0.2) is 0 Å². The molecule has 0 atom stereocenters. The summed E-state index contributed by atoms with van der Waals surface area (Å²) in [6.07, 6.45) is 11.6. The molecule has 1 aromatic rings. The van der Waals surface area contributed by atoms with Gasteiger partial charge in [-0.1, -0.05) is 18.2 Å². The van der Waals surface area contributed by atoms with E-state index in [9.17, 15) is 0 Å². The van der Waals surface area contributed by atoms with Crippen LogP contribution in [-0.4, -0.2) is 17.2 Å². The molecule has 0 saturated heterocycles. The van der Waals surface area contributed by atoms with Crippen molar-refractivity contribution >= 4 is 5.71 Å². The van der Waals surface area contributed by atoms with Gasteiger partial charge in [-0.3, -0.25) is 9.98 Å². The molecule has 0 amide bonds. The smallest absolute Gasteiger partial charge is 0.0665 e. The molecule has 0 aliphatic carbocycles. The van der Waals surface area contributed by atoms with Crippen LogP contribution in [0.1, 0.15) is 5.56 Å². The zero-order chi connectivity index (χ0) is 8.93. The molecule has 2 rings (SSSR count). The van der Waals surface area contributed by atoms with E-state index in [0.29, 0.717) is 0 Å². The number of aromatic nitrogens is 1. The summed E-state index contributed by atoms with van der Waals surface area (Å²) in [6, 6.07) is 3.94. The van der Waals surface area contributed by atoms with E-state index in [-0.39, 0.29) is 0 Å². The number of hydrogen-bond donors (Lipinski definition) is 0. The van der Waals surface area contributed by atoms with Crippen molar-refractivity contribution in [2.24, 2.45) is 4.99 Å². The van der Waals surface area contributed by atoms with Crippen LogP contribution < -0.4 is 0 Å². The largest absolute Gasteiger partial charge is 0.281 e. The van der Waals surface area contributed by atoms with Crippen LogP contribution in [0.4, 0.5) is 0 Å². The van der Waals surface area contributed by atoms with Crippen molar-refractivity contribution in [2.45, 2.75) is 0 Å². The van der Waals surface area contributed by atoms with Gasteiger partial charge < -0.3 is 0 Å². The van der Waals surface area contributed by atoms with E-state index >= 15 is 0 Å². The van der Waals surface area contributed by atoms with E-state index in [1.54, 1.807) is 6.20 Å². The first-order valence-corrected chi connectivity index (χ1v) is 4.25. The third kappa shape index (κ3) is 1.90. The maximum Gasteiger partial charge on any atom is 0.0665 e. The standard InChI is InChI=1S/C11H10N2/c1-2-6-11(13-8-3-1)10-5-4-7-12-9-10/h1-7,9H,8H2. The quantitative estimate of drug-likeness (QED) is 0.632. The lowest BCUT2D eigenvalue weighted by atomic mass is 10.1. The molecule has 1 aromatic heterocycles. The number of allylic oxidation sites excluding steroid dienone is 3. The summed E-state index contributed by atoms with van der Waals surface area (Å²) in [5.41, 5.74) is 2.07. The van der Waals surface area contributed by atoms with Crippen molar-refractivity contribution in [1.29, 1.82) is 0 Å². The van der Waals surface area contributed by atoms with Gasteiger partial charge in [-0.05, 0) is 18.2 Å². The Bertz CT molecular complexity index is 361. The molecule has 0 radical (unpaired) electrons. The van der Waals surface area contributed by atoms with Crippen LogP contribution in [0.25, 0.3) is 0 Å². The Morgan fingerprint density at radius 3 is 3.08 bits per heavy atom. The number of rotatable bonds is 1. The van der Waals surface area contributed by atoms with E-state index in [1.807, 2.05) is 42.6 Å². The Morgan fingerprint density at radius 1 is 1.23 bits per heavy atom. The van der Waals surface area contributed by atoms with Gasteiger partial charge in [0.1, 0.15) is 0 Å². The minimum atomic E-state index is 0.747. The normalized spacial score (nSPS) is 15.2. The fraction of sp³-hybridized carbons (Fsp3) is 0.0909. The SMILES string of the molecule is C1=CCN=C(c2cccnc2)C=C1. The highest BCUT2D eigenvalue weighted by Crippen LogP contribution is 2.03. The summed E-state index contributed by atoms with van der Waals surface area (Å²) < 4.78 is 0. The molecule has 13 heavy (non-hydrogen) atoms. The van der Waals surface area contributed by atoms with Gasteiger partial charge >= 0.3 is 0 Å². The zero-order valence-corrected chi connectivity index (χ0v) is 7.22. The van der Waals surface area contributed by atoms with Gasteiger partial charge in [-0.2, -0.15) is 0 Å². The molecular weight excluding hydrogens is 160 g/mol. The summed E-state index contributed by atoms with van der Waals surface area (Å²) in [6.45, 7) is 0.747. The highest BCUT2D eigenvalue weighted by atomic mass is 14.7. The van der Waals surface area contributed by atoms with Crippen LogP contribution in [0.5, 0.6) is 0 Å². The lowest BCUT2D eigenvalue weighted by Gasteiger charge is -1.98. The summed E-state index contributed by atoms with van der Waals surface area (Å²) in [4.78, 5) is 8.45. The summed E-state index contributed by atoms with van der Waals surface area (Å²) in [5, 5.41) is 0. The average molecular weight is 170 g/mol. The van der Waals surface area contributed by atoms with Crippen LogP contribution in [0, 0.1) is 0 Å². The minimum absolute atomic E-state index is 0.747. The van der Waals surface area contributed by atoms with Crippen LogP contribution in [0.3, 0.4) is 0 Å². The highest BCUT2D eigenvalue weighted by molar-refractivity contribution is 6.08. The van der Waals surface area contributed by atoms with Gasteiger partial charge in [-0.25, -0.2) is 0 Å². The van der Waals surface area contributed by atoms with Crippen molar-refractivity contribution in [3.63, 3.8) is 0 Å². The zero-order valence-electron chi connectivity index (χ0n) is 7.22. The lowest BCUT2D eigenvalue weighted by Crippen LogP contribution is -1.97. The molecule has 2 heteroatoms. The van der Waals surface area contributed by atoms with Crippen molar-refractivity contribution in [3.8, 4) is 0 Å². The van der Waals surface area contributed by atoms with Gasteiger partial charge in [0.2, 0.25) is 0 Å². The van der Waals surface area contributed by atoms with Gasteiger partial charge in [0.25, 0.3) is 0 Å². The van der Waals surface area contributed by atoms with E-state index < -0.39 is 0 Å². The summed E-state index contributed by atoms with van der Waals surface area (Å²) in [7, 11) is 0. The maximum atomic E-state index is 4.40. The van der Waals surface area contributed by atoms with E-state index in [0.717, 1.165) is 17.8 Å². The minimum Gasteiger partial charge on any atom is -0.281 e. The van der Waals surface area contributed by atoms with Crippen molar-refractivity contribution < 1.29 is 0 Å². The Hall–Kier alpha value is -1.70. The molecule has 0 fully saturated rings. The molecule has 0 N–H and O–H groups in total. The highest BCUT2D eigenvalue weighted by Gasteiger charge is 1.98. The molecular formula is C11H10N2. The monoisotopic (exact) mass is 170 g/mol. The number of aliphatic imine (C=N–C) groups is 1. The second-order valence-corrected chi connectivity index (χ2v) is 2.75. The third-order valence-electron chi connectivity index (χ3n) is 1.83. The molecule has 64 valence electrons. The predicted octanol–water partition coefficient (Wildman–Crippen LogP) is 2.00. The topological polar surface area (TPSA) is 25.2 Å². The molecule has 0 aromatic carbocycles. The van der Waals surface area contributed by atoms with E-state index in [4.69, 9.17) is 0 Å². The fourth-order valence-corrected chi connectivity index (χ4v) is 1.19. The molecule has 1 aliphatic rings. The van der Waals surface area contributed by atoms with Gasteiger partial charge in [-0.15, -0.1) is 0 Å². The molecule has 0 spiro atoms. The summed E-state index contributed by atoms with van der Waals surface area (Å²) in [5.74, 6) is 0. The van der Waals surface area contributed by atoms with Crippen molar-refractivity contribution in [3.05, 3.63) is 54.4 Å². The van der Waals surface area contributed by atoms with Crippen molar-refractivity contribution in [1.82, 2.24) is 4.98 Å². The van der Waals surface area contributed by atoms with Gasteiger partial charge in [0.05, 0.1) is 12.3 Å². The van der Waals surface area contributed by atoms with E-state index in [1.165, 1.54) is 0 Å². The molecule has 0 bridgehead atoms. The maximum absolute atomic E-state index is 4.40. The molecule has 2 heterocycles. The Kier molecular flexibility index (Phi) is 2.32. The number of nitrogens with zero attached hydrogens (tertiary/aromatic N) is 2. The second-order valence-electron chi connectivity index (χ2n) is 2.75. The molecule has 2 nitrogen and oxygen atoms in total. The van der Waals surface area contributed by atoms with Gasteiger partial charge in [0, 0.05) is 18.0 Å². The fourth-order valence-electron chi connectivity index (χ4n) is 1.19. The first-order valence-electron chi connectivity index (χ1n) is 4.25. The lowest BCUT2D eigenvalue weighted by molar-refractivity contribution is 1.24. The van der Waals surface area contributed by atoms with Crippen LogP contribution in [0.2, 0.25) is 0 Å². The Labute approximate surface area is 77.4 Å². The predicted molar refractivity (Wildman–Crippen MR) is 53.9 cm³/mol. The number of hydrogen-bond acceptors (Lipinski definition) is 2. The number of pyridine rings is 1. The van der Waals surface area contributed by atoms with E-state index in [2.05, 4.69) is 9.98 Å². The van der Waals surface area contributed by atoms with Crippen LogP contribution in [-0.2, 0) is 0 Å². The average Bonchev–Trinajstić information content (AvgIpc) is 2.47. The first-order chi connectivity index (χ1) is 6.47. The summed E-state index contributed by atoms with van der Waals surface area (Å²) >= 11 is 0. The van der Waals surface area contributed by atoms with Crippen LogP contribution >= 0.6 is 0 Å². The molecule has 0 unspecified atom stereocenters. The molecule has 0 saturated carbocycles.